The summed E-state index contributed by atoms with van der Waals surface area (Å²) in [5.74, 6) is -0.592. The molecule has 25 heavy (non-hydrogen) atoms. The van der Waals surface area contributed by atoms with Crippen LogP contribution in [0, 0.1) is 0 Å². The van der Waals surface area contributed by atoms with Crippen LogP contribution in [0.25, 0.3) is 11.4 Å². The number of rotatable bonds is 6. The van der Waals surface area contributed by atoms with Gasteiger partial charge in [0.25, 0.3) is 0 Å². The van der Waals surface area contributed by atoms with Crippen LogP contribution < -0.4 is 5.32 Å². The first-order valence-electron chi connectivity index (χ1n) is 7.60. The number of anilines is 1. The van der Waals surface area contributed by atoms with Gasteiger partial charge < -0.3 is 10.4 Å². The number of nitrogens with one attached hydrogen (secondary N) is 1. The summed E-state index contributed by atoms with van der Waals surface area (Å²) in [6.45, 7) is 0. The van der Waals surface area contributed by atoms with Crippen molar-refractivity contribution >= 4 is 28.9 Å². The van der Waals surface area contributed by atoms with E-state index in [9.17, 15) is 9.59 Å². The topological polar surface area (TPSA) is 92.2 Å². The third-order valence-electron chi connectivity index (χ3n) is 3.55. The Labute approximate surface area is 148 Å². The lowest BCUT2D eigenvalue weighted by Crippen LogP contribution is -2.13. The summed E-state index contributed by atoms with van der Waals surface area (Å²) in [7, 11) is 0. The molecule has 0 atom stereocenters. The van der Waals surface area contributed by atoms with Gasteiger partial charge in [-0.25, -0.2) is 14.8 Å². The summed E-state index contributed by atoms with van der Waals surface area (Å²) >= 11 is 1.09. The SMILES string of the molecule is O=C(CCc1ccc(-c2ncccn2)cc1)Nc1ccsc1C(=O)O. The molecule has 0 aliphatic rings. The largest absolute Gasteiger partial charge is 0.477 e. The number of hydrogen-bond acceptors (Lipinski definition) is 5. The molecule has 2 heterocycles. The monoisotopic (exact) mass is 353 g/mol. The standard InChI is InChI=1S/C18H15N3O3S/c22-15(21-14-8-11-25-16(14)18(23)24)7-4-12-2-5-13(6-3-12)17-19-9-1-10-20-17/h1-3,5-6,8-11H,4,7H2,(H,21,22)(H,23,24). The summed E-state index contributed by atoms with van der Waals surface area (Å²) in [5.41, 5.74) is 2.27. The van der Waals surface area contributed by atoms with E-state index in [2.05, 4.69) is 15.3 Å². The summed E-state index contributed by atoms with van der Waals surface area (Å²) < 4.78 is 0. The Morgan fingerprint density at radius 3 is 2.48 bits per heavy atom. The summed E-state index contributed by atoms with van der Waals surface area (Å²) in [6.07, 6.45) is 4.22. The zero-order valence-electron chi connectivity index (χ0n) is 13.2. The maximum absolute atomic E-state index is 12.0. The Morgan fingerprint density at radius 1 is 1.08 bits per heavy atom. The van der Waals surface area contributed by atoms with Crippen LogP contribution in [-0.4, -0.2) is 27.0 Å². The fourth-order valence-corrected chi connectivity index (χ4v) is 3.00. The number of aromatic nitrogens is 2. The second kappa shape index (κ2) is 7.67. The van der Waals surface area contributed by atoms with E-state index in [0.717, 1.165) is 22.5 Å². The number of thiophene rings is 1. The highest BCUT2D eigenvalue weighted by atomic mass is 32.1. The van der Waals surface area contributed by atoms with Gasteiger partial charge in [-0.1, -0.05) is 24.3 Å². The van der Waals surface area contributed by atoms with Crippen LogP contribution in [0.15, 0.2) is 54.2 Å². The minimum atomic E-state index is -1.04. The molecule has 0 unspecified atom stereocenters. The smallest absolute Gasteiger partial charge is 0.348 e. The third kappa shape index (κ3) is 4.27. The number of amides is 1. The molecule has 2 N–H and O–H groups in total. The molecule has 0 aliphatic carbocycles. The summed E-state index contributed by atoms with van der Waals surface area (Å²) in [5, 5.41) is 13.3. The van der Waals surface area contributed by atoms with Crippen molar-refractivity contribution in [1.29, 1.82) is 0 Å². The number of hydrogen-bond donors (Lipinski definition) is 2. The lowest BCUT2D eigenvalue weighted by Gasteiger charge is -2.06. The lowest BCUT2D eigenvalue weighted by atomic mass is 10.1. The van der Waals surface area contributed by atoms with Gasteiger partial charge in [0.15, 0.2) is 5.82 Å². The van der Waals surface area contributed by atoms with Crippen molar-refractivity contribution in [1.82, 2.24) is 9.97 Å². The Balaban J connectivity index is 1.57. The average Bonchev–Trinajstić information content (AvgIpc) is 3.09. The maximum atomic E-state index is 12.0. The van der Waals surface area contributed by atoms with Gasteiger partial charge in [0.05, 0.1) is 5.69 Å². The molecule has 0 radical (unpaired) electrons. The van der Waals surface area contributed by atoms with Crippen molar-refractivity contribution in [3.8, 4) is 11.4 Å². The molecule has 0 fully saturated rings. The minimum Gasteiger partial charge on any atom is -0.477 e. The first-order chi connectivity index (χ1) is 12.1. The number of carboxylic acid groups (broad SMARTS) is 1. The fraction of sp³-hybridized carbons (Fsp3) is 0.111. The van der Waals surface area contributed by atoms with Crippen LogP contribution in [-0.2, 0) is 11.2 Å². The maximum Gasteiger partial charge on any atom is 0.348 e. The molecule has 0 bridgehead atoms. The highest BCUT2D eigenvalue weighted by Crippen LogP contribution is 2.22. The second-order valence-corrected chi connectivity index (χ2v) is 6.20. The highest BCUT2D eigenvalue weighted by Gasteiger charge is 2.13. The predicted octanol–water partition coefficient (Wildman–Crippen LogP) is 3.47. The molecule has 2 aromatic heterocycles. The first-order valence-corrected chi connectivity index (χ1v) is 8.48. The zero-order chi connectivity index (χ0) is 17.6. The van der Waals surface area contributed by atoms with Crippen LogP contribution in [0.5, 0.6) is 0 Å². The van der Waals surface area contributed by atoms with Gasteiger partial charge in [0.1, 0.15) is 4.88 Å². The summed E-state index contributed by atoms with van der Waals surface area (Å²) in [4.78, 5) is 31.6. The number of nitrogens with zero attached hydrogens (tertiary/aromatic N) is 2. The fourth-order valence-electron chi connectivity index (χ4n) is 2.31. The molecule has 6 nitrogen and oxygen atoms in total. The summed E-state index contributed by atoms with van der Waals surface area (Å²) in [6, 6.07) is 11.1. The molecule has 3 rings (SSSR count). The van der Waals surface area contributed by atoms with E-state index in [0.29, 0.717) is 17.9 Å². The van der Waals surface area contributed by atoms with Crippen molar-refractivity contribution in [3.05, 3.63) is 64.6 Å². The van der Waals surface area contributed by atoms with E-state index in [1.807, 2.05) is 24.3 Å². The van der Waals surface area contributed by atoms with E-state index < -0.39 is 5.97 Å². The molecule has 0 saturated heterocycles. The third-order valence-corrected chi connectivity index (χ3v) is 4.45. The Hall–Kier alpha value is -3.06. The van der Waals surface area contributed by atoms with Crippen molar-refractivity contribution in [2.75, 3.05) is 5.32 Å². The first kappa shape index (κ1) is 16.8. The number of carbonyl (C=O) groups excluding carboxylic acids is 1. The Kier molecular flexibility index (Phi) is 5.15. The highest BCUT2D eigenvalue weighted by molar-refractivity contribution is 7.12. The molecular weight excluding hydrogens is 338 g/mol. The number of aryl methyl sites for hydroxylation is 1. The number of carboxylic acids is 1. The Bertz CT molecular complexity index is 876. The Morgan fingerprint density at radius 2 is 1.80 bits per heavy atom. The zero-order valence-corrected chi connectivity index (χ0v) is 14.0. The van der Waals surface area contributed by atoms with Gasteiger partial charge in [-0.3, -0.25) is 4.79 Å². The van der Waals surface area contributed by atoms with Crippen LogP contribution in [0.1, 0.15) is 21.7 Å². The molecule has 3 aromatic rings. The predicted molar refractivity (Wildman–Crippen MR) is 95.7 cm³/mol. The van der Waals surface area contributed by atoms with Gasteiger partial charge in [-0.15, -0.1) is 11.3 Å². The molecule has 0 spiro atoms. The van der Waals surface area contributed by atoms with E-state index in [4.69, 9.17) is 5.11 Å². The van der Waals surface area contributed by atoms with Crippen molar-refractivity contribution in [2.45, 2.75) is 12.8 Å². The number of aromatic carboxylic acids is 1. The van der Waals surface area contributed by atoms with E-state index >= 15 is 0 Å². The molecule has 0 aliphatic heterocycles. The van der Waals surface area contributed by atoms with Gasteiger partial charge >= 0.3 is 5.97 Å². The van der Waals surface area contributed by atoms with Crippen molar-refractivity contribution < 1.29 is 14.7 Å². The molecule has 7 heteroatoms. The van der Waals surface area contributed by atoms with Crippen LogP contribution in [0.2, 0.25) is 0 Å². The second-order valence-electron chi connectivity index (χ2n) is 5.29. The molecule has 1 amide bonds. The van der Waals surface area contributed by atoms with Gasteiger partial charge in [-0.05, 0) is 29.5 Å². The molecule has 1 aromatic carbocycles. The van der Waals surface area contributed by atoms with Gasteiger partial charge in [0.2, 0.25) is 5.91 Å². The number of benzene rings is 1. The number of carbonyl (C=O) groups is 2. The van der Waals surface area contributed by atoms with Crippen molar-refractivity contribution in [3.63, 3.8) is 0 Å². The lowest BCUT2D eigenvalue weighted by molar-refractivity contribution is -0.116. The molecule has 126 valence electrons. The van der Waals surface area contributed by atoms with E-state index in [1.165, 1.54) is 0 Å². The quantitative estimate of drug-likeness (QED) is 0.708. The van der Waals surface area contributed by atoms with Crippen LogP contribution in [0.4, 0.5) is 5.69 Å². The van der Waals surface area contributed by atoms with Gasteiger partial charge in [0, 0.05) is 24.4 Å². The van der Waals surface area contributed by atoms with E-state index in [-0.39, 0.29) is 17.2 Å². The normalized spacial score (nSPS) is 10.4. The van der Waals surface area contributed by atoms with Crippen molar-refractivity contribution in [2.24, 2.45) is 0 Å². The van der Waals surface area contributed by atoms with Crippen LogP contribution in [0.3, 0.4) is 0 Å². The molecular formula is C18H15N3O3S. The molecule has 0 saturated carbocycles. The minimum absolute atomic E-state index is 0.139. The average molecular weight is 353 g/mol. The van der Waals surface area contributed by atoms with E-state index in [1.54, 1.807) is 29.9 Å². The van der Waals surface area contributed by atoms with Crippen LogP contribution >= 0.6 is 11.3 Å². The van der Waals surface area contributed by atoms with Gasteiger partial charge in [-0.2, -0.15) is 0 Å².